The molecule has 5 heteroatoms. The zero-order chi connectivity index (χ0) is 13.1. The molecule has 5 nitrogen and oxygen atoms in total. The van der Waals surface area contributed by atoms with Crippen LogP contribution in [0.5, 0.6) is 0 Å². The summed E-state index contributed by atoms with van der Waals surface area (Å²) in [7, 11) is 0. The molecule has 0 aliphatic heterocycles. The van der Waals surface area contributed by atoms with E-state index in [1.807, 2.05) is 6.92 Å². The topological polar surface area (TPSA) is 79.4 Å². The fourth-order valence-corrected chi connectivity index (χ4v) is 1.72. The van der Waals surface area contributed by atoms with E-state index in [2.05, 4.69) is 4.98 Å². The van der Waals surface area contributed by atoms with Gasteiger partial charge in [-0.2, -0.15) is 0 Å². The Balaban J connectivity index is 2.52. The normalized spacial score (nSPS) is 10.7. The zero-order valence-electron chi connectivity index (χ0n) is 9.90. The first-order chi connectivity index (χ1) is 8.61. The van der Waals surface area contributed by atoms with Crippen LogP contribution in [0.3, 0.4) is 0 Å². The van der Waals surface area contributed by atoms with Crippen molar-refractivity contribution in [1.29, 1.82) is 0 Å². The van der Waals surface area contributed by atoms with E-state index in [4.69, 9.17) is 9.84 Å². The van der Waals surface area contributed by atoms with E-state index in [0.29, 0.717) is 29.8 Å². The monoisotopic (exact) mass is 247 g/mol. The summed E-state index contributed by atoms with van der Waals surface area (Å²) in [5.41, 5.74) is 1.19. The second-order valence-corrected chi connectivity index (χ2v) is 3.86. The molecule has 0 amide bonds. The number of fused-ring (bicyclic) bond motifs is 1. The summed E-state index contributed by atoms with van der Waals surface area (Å²) in [5, 5.41) is 9.24. The van der Waals surface area contributed by atoms with E-state index in [1.54, 1.807) is 6.07 Å². The number of aromatic amines is 1. The number of pyridine rings is 1. The minimum atomic E-state index is -1.05. The van der Waals surface area contributed by atoms with Gasteiger partial charge in [-0.1, -0.05) is 0 Å². The zero-order valence-corrected chi connectivity index (χ0v) is 9.90. The lowest BCUT2D eigenvalue weighted by Gasteiger charge is -2.05. The first kappa shape index (κ1) is 12.3. The molecular weight excluding hydrogens is 234 g/mol. The van der Waals surface area contributed by atoms with Gasteiger partial charge < -0.3 is 14.8 Å². The number of rotatable bonds is 4. The highest BCUT2D eigenvalue weighted by Crippen LogP contribution is 2.11. The molecule has 0 unspecified atom stereocenters. The molecule has 2 aromatic rings. The number of aromatic nitrogens is 1. The van der Waals surface area contributed by atoms with Gasteiger partial charge in [0.2, 0.25) is 0 Å². The van der Waals surface area contributed by atoms with Gasteiger partial charge in [0.25, 0.3) is 0 Å². The summed E-state index contributed by atoms with van der Waals surface area (Å²) in [5.74, 6) is -1.05. The number of nitrogens with one attached hydrogen (secondary N) is 1. The van der Waals surface area contributed by atoms with Crippen molar-refractivity contribution in [2.75, 3.05) is 6.61 Å². The molecule has 0 aliphatic rings. The van der Waals surface area contributed by atoms with Crippen molar-refractivity contribution in [3.63, 3.8) is 0 Å². The lowest BCUT2D eigenvalue weighted by Crippen LogP contribution is -2.08. The van der Waals surface area contributed by atoms with E-state index in [1.165, 1.54) is 18.2 Å². The van der Waals surface area contributed by atoms with Gasteiger partial charge >= 0.3 is 5.97 Å². The molecular formula is C13H13NO4. The van der Waals surface area contributed by atoms with Gasteiger partial charge in [0.1, 0.15) is 0 Å². The van der Waals surface area contributed by atoms with Crippen molar-refractivity contribution < 1.29 is 14.6 Å². The summed E-state index contributed by atoms with van der Waals surface area (Å²) in [6, 6.07) is 5.87. The maximum atomic E-state index is 11.9. The highest BCUT2D eigenvalue weighted by molar-refractivity contribution is 5.93. The van der Waals surface area contributed by atoms with Crippen LogP contribution in [0.4, 0.5) is 0 Å². The lowest BCUT2D eigenvalue weighted by atomic mass is 10.1. The summed E-state index contributed by atoms with van der Waals surface area (Å²) in [6.07, 6.45) is 0. The first-order valence-electron chi connectivity index (χ1n) is 5.59. The molecule has 0 radical (unpaired) electrons. The van der Waals surface area contributed by atoms with E-state index in [-0.39, 0.29) is 11.0 Å². The number of benzene rings is 1. The molecule has 0 aliphatic carbocycles. The van der Waals surface area contributed by atoms with Gasteiger partial charge in [0.05, 0.1) is 12.2 Å². The molecule has 94 valence electrons. The number of carboxylic acid groups (broad SMARTS) is 1. The van der Waals surface area contributed by atoms with E-state index >= 15 is 0 Å². The van der Waals surface area contributed by atoms with Gasteiger partial charge in [0, 0.05) is 29.3 Å². The molecule has 0 fully saturated rings. The van der Waals surface area contributed by atoms with Crippen LogP contribution >= 0.6 is 0 Å². The lowest BCUT2D eigenvalue weighted by molar-refractivity contribution is 0.0697. The van der Waals surface area contributed by atoms with Gasteiger partial charge in [0.15, 0.2) is 5.43 Å². The summed E-state index contributed by atoms with van der Waals surface area (Å²) in [6.45, 7) is 2.78. The third-order valence-corrected chi connectivity index (χ3v) is 2.59. The fourth-order valence-electron chi connectivity index (χ4n) is 1.72. The Morgan fingerprint density at radius 2 is 2.17 bits per heavy atom. The molecule has 0 atom stereocenters. The average Bonchev–Trinajstić information content (AvgIpc) is 2.36. The van der Waals surface area contributed by atoms with Crippen molar-refractivity contribution in [3.8, 4) is 0 Å². The van der Waals surface area contributed by atoms with Crippen LogP contribution in [-0.4, -0.2) is 22.7 Å². The van der Waals surface area contributed by atoms with Crippen LogP contribution in [0.2, 0.25) is 0 Å². The Morgan fingerprint density at radius 1 is 1.39 bits per heavy atom. The maximum absolute atomic E-state index is 11.9. The van der Waals surface area contributed by atoms with Crippen LogP contribution in [-0.2, 0) is 11.3 Å². The molecule has 2 N–H and O–H groups in total. The molecule has 18 heavy (non-hydrogen) atoms. The van der Waals surface area contributed by atoms with E-state index < -0.39 is 5.97 Å². The number of hydrogen-bond acceptors (Lipinski definition) is 3. The molecule has 0 saturated carbocycles. The summed E-state index contributed by atoms with van der Waals surface area (Å²) in [4.78, 5) is 25.8. The largest absolute Gasteiger partial charge is 0.478 e. The number of hydrogen-bond donors (Lipinski definition) is 2. The number of carbonyl (C=O) groups is 1. The van der Waals surface area contributed by atoms with Gasteiger partial charge in [-0.3, -0.25) is 4.79 Å². The van der Waals surface area contributed by atoms with Crippen molar-refractivity contribution in [1.82, 2.24) is 4.98 Å². The standard InChI is InChI=1S/C13H13NO4/c1-2-18-7-9-6-12(15)10-5-8(13(16)17)3-4-11(10)14-9/h3-6H,2,7H2,1H3,(H,14,15)(H,16,17). The van der Waals surface area contributed by atoms with Crippen LogP contribution in [0, 0.1) is 0 Å². The predicted octanol–water partition coefficient (Wildman–Crippen LogP) is 1.76. The second kappa shape index (κ2) is 5.01. The van der Waals surface area contributed by atoms with E-state index in [9.17, 15) is 9.59 Å². The number of ether oxygens (including phenoxy) is 1. The fraction of sp³-hybridized carbons (Fsp3) is 0.231. The third kappa shape index (κ3) is 2.41. The minimum Gasteiger partial charge on any atom is -0.478 e. The number of H-pyrrole nitrogens is 1. The Morgan fingerprint density at radius 3 is 2.83 bits per heavy atom. The maximum Gasteiger partial charge on any atom is 0.335 e. The first-order valence-corrected chi connectivity index (χ1v) is 5.59. The highest BCUT2D eigenvalue weighted by Gasteiger charge is 2.07. The molecule has 0 saturated heterocycles. The number of carboxylic acids is 1. The SMILES string of the molecule is CCOCc1cc(=O)c2cc(C(=O)O)ccc2[nH]1. The van der Waals surface area contributed by atoms with Crippen LogP contribution < -0.4 is 5.43 Å². The Bertz CT molecular complexity index is 645. The van der Waals surface area contributed by atoms with Gasteiger partial charge in [-0.05, 0) is 25.1 Å². The third-order valence-electron chi connectivity index (χ3n) is 2.59. The average molecular weight is 247 g/mol. The highest BCUT2D eigenvalue weighted by atomic mass is 16.5. The Hall–Kier alpha value is -2.14. The van der Waals surface area contributed by atoms with Crippen LogP contribution in [0.1, 0.15) is 23.0 Å². The van der Waals surface area contributed by atoms with Crippen molar-refractivity contribution >= 4 is 16.9 Å². The minimum absolute atomic E-state index is 0.102. The molecule has 1 aromatic heterocycles. The smallest absolute Gasteiger partial charge is 0.335 e. The molecule has 0 spiro atoms. The summed E-state index contributed by atoms with van der Waals surface area (Å²) < 4.78 is 5.22. The molecule has 1 aromatic carbocycles. The van der Waals surface area contributed by atoms with Crippen molar-refractivity contribution in [2.45, 2.75) is 13.5 Å². The summed E-state index contributed by atoms with van der Waals surface area (Å²) >= 11 is 0. The van der Waals surface area contributed by atoms with Gasteiger partial charge in [-0.25, -0.2) is 4.79 Å². The van der Waals surface area contributed by atoms with Gasteiger partial charge in [-0.15, -0.1) is 0 Å². The second-order valence-electron chi connectivity index (χ2n) is 3.86. The Kier molecular flexibility index (Phi) is 3.43. The molecule has 2 rings (SSSR count). The quantitative estimate of drug-likeness (QED) is 0.862. The molecule has 0 bridgehead atoms. The van der Waals surface area contributed by atoms with Crippen LogP contribution in [0.25, 0.3) is 10.9 Å². The van der Waals surface area contributed by atoms with Crippen LogP contribution in [0.15, 0.2) is 29.1 Å². The van der Waals surface area contributed by atoms with Crippen molar-refractivity contribution in [2.24, 2.45) is 0 Å². The number of aromatic carboxylic acids is 1. The van der Waals surface area contributed by atoms with Crippen molar-refractivity contribution in [3.05, 3.63) is 45.7 Å². The Labute approximate surface area is 103 Å². The molecule has 1 heterocycles. The van der Waals surface area contributed by atoms with E-state index in [0.717, 1.165) is 0 Å². The predicted molar refractivity (Wildman–Crippen MR) is 66.9 cm³/mol.